The maximum Gasteiger partial charge on any atom is 0.256 e. The number of rotatable bonds is 3. The lowest BCUT2D eigenvalue weighted by molar-refractivity contribution is 0.0707. The third-order valence-electron chi connectivity index (χ3n) is 3.22. The van der Waals surface area contributed by atoms with Crippen LogP contribution in [0.5, 0.6) is 0 Å². The van der Waals surface area contributed by atoms with Gasteiger partial charge in [-0.15, -0.1) is 0 Å². The molecular weight excluding hydrogens is 238 g/mol. The number of carbonyl (C=O) groups excluding carboxylic acids is 1. The number of anilines is 1. The van der Waals surface area contributed by atoms with Gasteiger partial charge in [0.1, 0.15) is 0 Å². The number of hydrogen-bond acceptors (Lipinski definition) is 2. The van der Waals surface area contributed by atoms with Gasteiger partial charge in [-0.2, -0.15) is 0 Å². The van der Waals surface area contributed by atoms with E-state index in [2.05, 4.69) is 0 Å². The number of nitrogens with zero attached hydrogens (tertiary/aromatic N) is 1. The van der Waals surface area contributed by atoms with Crippen molar-refractivity contribution in [1.29, 1.82) is 0 Å². The van der Waals surface area contributed by atoms with E-state index >= 15 is 0 Å². The van der Waals surface area contributed by atoms with Gasteiger partial charge in [0, 0.05) is 24.8 Å². The number of hydrogen-bond donors (Lipinski definition) is 1. The fourth-order valence-electron chi connectivity index (χ4n) is 1.57. The molecule has 0 fully saturated rings. The topological polar surface area (TPSA) is 46.3 Å². The standard InChI is InChI=1S/C13H18F2N2O/c1-7(2)8(3)17(4)13(18)9-5-10(14)11(15)6-12(9)16/h5-8H,16H2,1-4H3. The van der Waals surface area contributed by atoms with Crippen molar-refractivity contribution in [2.75, 3.05) is 12.8 Å². The minimum atomic E-state index is -1.07. The first-order valence-electron chi connectivity index (χ1n) is 5.77. The summed E-state index contributed by atoms with van der Waals surface area (Å²) in [4.78, 5) is 13.6. The highest BCUT2D eigenvalue weighted by Gasteiger charge is 2.22. The molecule has 0 saturated heterocycles. The highest BCUT2D eigenvalue weighted by molar-refractivity contribution is 5.99. The van der Waals surface area contributed by atoms with Crippen LogP contribution in [0.15, 0.2) is 12.1 Å². The summed E-state index contributed by atoms with van der Waals surface area (Å²) in [5.74, 6) is -2.28. The fourth-order valence-corrected chi connectivity index (χ4v) is 1.57. The zero-order chi connectivity index (χ0) is 14.0. The van der Waals surface area contributed by atoms with Crippen LogP contribution in [0.3, 0.4) is 0 Å². The van der Waals surface area contributed by atoms with E-state index in [1.807, 2.05) is 20.8 Å². The Morgan fingerprint density at radius 3 is 2.22 bits per heavy atom. The lowest BCUT2D eigenvalue weighted by Crippen LogP contribution is -2.38. The second kappa shape index (κ2) is 5.33. The predicted molar refractivity (Wildman–Crippen MR) is 67.2 cm³/mol. The van der Waals surface area contributed by atoms with Gasteiger partial charge in [-0.3, -0.25) is 4.79 Å². The molecule has 100 valence electrons. The van der Waals surface area contributed by atoms with E-state index in [-0.39, 0.29) is 23.2 Å². The summed E-state index contributed by atoms with van der Waals surface area (Å²) in [7, 11) is 1.62. The van der Waals surface area contributed by atoms with Gasteiger partial charge in [0.2, 0.25) is 0 Å². The van der Waals surface area contributed by atoms with Crippen molar-refractivity contribution in [3.05, 3.63) is 29.3 Å². The first-order chi connectivity index (χ1) is 8.25. The van der Waals surface area contributed by atoms with Crippen LogP contribution in [0.1, 0.15) is 31.1 Å². The summed E-state index contributed by atoms with van der Waals surface area (Å²) >= 11 is 0. The zero-order valence-corrected chi connectivity index (χ0v) is 11.0. The van der Waals surface area contributed by atoms with Crippen molar-refractivity contribution in [2.45, 2.75) is 26.8 Å². The summed E-state index contributed by atoms with van der Waals surface area (Å²) in [6, 6.07) is 1.65. The molecule has 18 heavy (non-hydrogen) atoms. The quantitative estimate of drug-likeness (QED) is 0.845. The molecule has 0 spiro atoms. The van der Waals surface area contributed by atoms with Crippen LogP contribution in [0, 0.1) is 17.6 Å². The highest BCUT2D eigenvalue weighted by Crippen LogP contribution is 2.20. The number of benzene rings is 1. The van der Waals surface area contributed by atoms with Gasteiger partial charge < -0.3 is 10.6 Å². The molecule has 1 unspecified atom stereocenters. The Balaban J connectivity index is 3.08. The van der Waals surface area contributed by atoms with Crippen LogP contribution in [-0.2, 0) is 0 Å². The molecule has 1 atom stereocenters. The number of halogens is 2. The summed E-state index contributed by atoms with van der Waals surface area (Å²) in [5, 5.41) is 0. The van der Waals surface area contributed by atoms with E-state index in [9.17, 15) is 13.6 Å². The van der Waals surface area contributed by atoms with Gasteiger partial charge in [-0.05, 0) is 18.9 Å². The van der Waals surface area contributed by atoms with Crippen molar-refractivity contribution >= 4 is 11.6 Å². The molecular formula is C13H18F2N2O. The Bertz CT molecular complexity index is 461. The molecule has 0 radical (unpaired) electrons. The van der Waals surface area contributed by atoms with Crippen molar-refractivity contribution in [1.82, 2.24) is 4.90 Å². The smallest absolute Gasteiger partial charge is 0.256 e. The van der Waals surface area contributed by atoms with Crippen LogP contribution in [0.2, 0.25) is 0 Å². The molecule has 1 amide bonds. The molecule has 1 rings (SSSR count). The Hall–Kier alpha value is -1.65. The van der Waals surface area contributed by atoms with E-state index in [0.717, 1.165) is 12.1 Å². The summed E-state index contributed by atoms with van der Waals surface area (Å²) in [6.45, 7) is 5.84. The molecule has 0 aliphatic carbocycles. The molecule has 1 aromatic carbocycles. The van der Waals surface area contributed by atoms with E-state index in [0.29, 0.717) is 0 Å². The zero-order valence-electron chi connectivity index (χ0n) is 11.0. The second-order valence-corrected chi connectivity index (χ2v) is 4.75. The molecule has 0 saturated carbocycles. The maximum absolute atomic E-state index is 13.1. The van der Waals surface area contributed by atoms with Crippen LogP contribution < -0.4 is 5.73 Å². The SMILES string of the molecule is CC(C)C(C)N(C)C(=O)c1cc(F)c(F)cc1N. The Labute approximate surface area is 106 Å². The normalized spacial score (nSPS) is 12.6. The average molecular weight is 256 g/mol. The molecule has 2 N–H and O–H groups in total. The van der Waals surface area contributed by atoms with E-state index in [1.165, 1.54) is 4.90 Å². The summed E-state index contributed by atoms with van der Waals surface area (Å²) in [5.41, 5.74) is 5.49. The Morgan fingerprint density at radius 1 is 1.22 bits per heavy atom. The monoisotopic (exact) mass is 256 g/mol. The lowest BCUT2D eigenvalue weighted by atomic mass is 10.0. The molecule has 3 nitrogen and oxygen atoms in total. The minimum Gasteiger partial charge on any atom is -0.398 e. The van der Waals surface area contributed by atoms with Gasteiger partial charge in [0.25, 0.3) is 5.91 Å². The van der Waals surface area contributed by atoms with Gasteiger partial charge in [-0.25, -0.2) is 8.78 Å². The first-order valence-corrected chi connectivity index (χ1v) is 5.77. The molecule has 0 aliphatic heterocycles. The van der Waals surface area contributed by atoms with Crippen LogP contribution >= 0.6 is 0 Å². The predicted octanol–water partition coefficient (Wildman–Crippen LogP) is 2.66. The Morgan fingerprint density at radius 2 is 1.72 bits per heavy atom. The molecule has 0 aromatic heterocycles. The molecule has 5 heteroatoms. The van der Waals surface area contributed by atoms with Crippen molar-refractivity contribution in [3.8, 4) is 0 Å². The highest BCUT2D eigenvalue weighted by atomic mass is 19.2. The number of carbonyl (C=O) groups is 1. The van der Waals surface area contributed by atoms with Crippen LogP contribution in [0.4, 0.5) is 14.5 Å². The van der Waals surface area contributed by atoms with Crippen molar-refractivity contribution in [3.63, 3.8) is 0 Å². The average Bonchev–Trinajstić information content (AvgIpc) is 2.30. The van der Waals surface area contributed by atoms with E-state index in [4.69, 9.17) is 5.73 Å². The lowest BCUT2D eigenvalue weighted by Gasteiger charge is -2.28. The van der Waals surface area contributed by atoms with Crippen LogP contribution in [-0.4, -0.2) is 23.9 Å². The third-order valence-corrected chi connectivity index (χ3v) is 3.22. The van der Waals surface area contributed by atoms with E-state index < -0.39 is 17.5 Å². The van der Waals surface area contributed by atoms with Crippen molar-refractivity contribution in [2.24, 2.45) is 5.92 Å². The van der Waals surface area contributed by atoms with Crippen LogP contribution in [0.25, 0.3) is 0 Å². The minimum absolute atomic E-state index is 0.0103. The fraction of sp³-hybridized carbons (Fsp3) is 0.462. The third kappa shape index (κ3) is 2.78. The Kier molecular flexibility index (Phi) is 4.27. The second-order valence-electron chi connectivity index (χ2n) is 4.75. The number of nitrogens with two attached hydrogens (primary N) is 1. The summed E-state index contributed by atoms with van der Waals surface area (Å²) < 4.78 is 26.1. The number of nitrogen functional groups attached to an aromatic ring is 1. The van der Waals surface area contributed by atoms with Gasteiger partial charge in [0.15, 0.2) is 11.6 Å². The molecule has 0 heterocycles. The largest absolute Gasteiger partial charge is 0.398 e. The van der Waals surface area contributed by atoms with E-state index in [1.54, 1.807) is 7.05 Å². The maximum atomic E-state index is 13.1. The van der Waals surface area contributed by atoms with Crippen molar-refractivity contribution < 1.29 is 13.6 Å². The van der Waals surface area contributed by atoms with Gasteiger partial charge in [0.05, 0.1) is 5.56 Å². The molecule has 0 bridgehead atoms. The first kappa shape index (κ1) is 14.4. The van der Waals surface area contributed by atoms with Gasteiger partial charge >= 0.3 is 0 Å². The molecule has 0 aliphatic rings. The number of amides is 1. The van der Waals surface area contributed by atoms with Gasteiger partial charge in [-0.1, -0.05) is 13.8 Å². The molecule has 1 aromatic rings. The summed E-state index contributed by atoms with van der Waals surface area (Å²) in [6.07, 6.45) is 0.